The van der Waals surface area contributed by atoms with Gasteiger partial charge in [0.25, 0.3) is 11.3 Å². The molecule has 20 heavy (non-hydrogen) atoms. The lowest BCUT2D eigenvalue weighted by Crippen LogP contribution is -2.16. The van der Waals surface area contributed by atoms with Gasteiger partial charge in [0.2, 0.25) is 0 Å². The van der Waals surface area contributed by atoms with Crippen molar-refractivity contribution < 1.29 is 0 Å². The Balaban J connectivity index is 1.86. The van der Waals surface area contributed by atoms with E-state index < -0.39 is 0 Å². The largest absolute Gasteiger partial charge is 0.278 e. The second-order valence-corrected chi connectivity index (χ2v) is 5.04. The maximum atomic E-state index is 11.8. The molecule has 0 radical (unpaired) electrons. The van der Waals surface area contributed by atoms with Crippen molar-refractivity contribution in [2.45, 2.75) is 19.8 Å². The van der Waals surface area contributed by atoms with Crippen molar-refractivity contribution in [3.8, 4) is 0 Å². The number of nitrogens with one attached hydrogen (secondary N) is 1. The molecule has 2 heterocycles. The number of rotatable bonds is 3. The van der Waals surface area contributed by atoms with Crippen LogP contribution in [0.15, 0.2) is 35.4 Å². The van der Waals surface area contributed by atoms with Gasteiger partial charge >= 0.3 is 0 Å². The third kappa shape index (κ3) is 2.32. The molecule has 0 unspecified atom stereocenters. The molecule has 102 valence electrons. The summed E-state index contributed by atoms with van der Waals surface area (Å²) in [5, 5.41) is 3.48. The average molecular weight is 289 g/mol. The van der Waals surface area contributed by atoms with Crippen molar-refractivity contribution in [2.24, 2.45) is 0 Å². The number of aromatic nitrogens is 4. The van der Waals surface area contributed by atoms with Gasteiger partial charge in [0.15, 0.2) is 0 Å². The fraction of sp³-hybridized carbons (Fsp3) is 0.214. The predicted octanol–water partition coefficient (Wildman–Crippen LogP) is 2.16. The molecule has 5 nitrogen and oxygen atoms in total. The Morgan fingerprint density at radius 3 is 3.05 bits per heavy atom. The lowest BCUT2D eigenvalue weighted by atomic mass is 10.0. The first-order chi connectivity index (χ1) is 9.65. The highest BCUT2D eigenvalue weighted by Crippen LogP contribution is 2.19. The van der Waals surface area contributed by atoms with Gasteiger partial charge in [-0.25, -0.2) is 9.97 Å². The molecule has 1 N–H and O–H groups in total. The first-order valence-electron chi connectivity index (χ1n) is 6.31. The number of H-pyrrole nitrogens is 1. The topological polar surface area (TPSA) is 63.0 Å². The van der Waals surface area contributed by atoms with Gasteiger partial charge in [-0.3, -0.25) is 9.89 Å². The third-order valence-electron chi connectivity index (χ3n) is 3.35. The van der Waals surface area contributed by atoms with E-state index in [1.54, 1.807) is 0 Å². The number of aryl methyl sites for hydroxylation is 2. The van der Waals surface area contributed by atoms with Gasteiger partial charge in [-0.05, 0) is 37.0 Å². The average Bonchev–Trinajstić information content (AvgIpc) is 2.89. The van der Waals surface area contributed by atoms with Crippen LogP contribution in [-0.4, -0.2) is 19.6 Å². The molecular formula is C14H13ClN4O. The molecule has 0 spiro atoms. The Morgan fingerprint density at radius 1 is 1.35 bits per heavy atom. The lowest BCUT2D eigenvalue weighted by molar-refractivity contribution is 0.848. The van der Waals surface area contributed by atoms with Crippen LogP contribution >= 0.6 is 11.6 Å². The molecule has 0 saturated heterocycles. The first kappa shape index (κ1) is 12.9. The molecule has 0 aliphatic carbocycles. The van der Waals surface area contributed by atoms with Gasteiger partial charge in [-0.1, -0.05) is 23.7 Å². The number of hydrogen-bond donors (Lipinski definition) is 1. The Hall–Kier alpha value is -2.14. The van der Waals surface area contributed by atoms with E-state index in [1.165, 1.54) is 22.5 Å². The summed E-state index contributed by atoms with van der Waals surface area (Å²) in [5.74, 6) is 0.398. The zero-order chi connectivity index (χ0) is 14.1. The number of nitrogens with zero attached hydrogens (tertiary/aromatic N) is 3. The normalized spacial score (nSPS) is 11.1. The van der Waals surface area contributed by atoms with E-state index in [1.807, 2.05) is 25.1 Å². The number of fused-ring (bicyclic) bond motifs is 1. The van der Waals surface area contributed by atoms with Crippen LogP contribution in [-0.2, 0) is 12.8 Å². The third-order valence-corrected chi connectivity index (χ3v) is 3.76. The second-order valence-electron chi connectivity index (χ2n) is 4.63. The zero-order valence-corrected chi connectivity index (χ0v) is 11.7. The summed E-state index contributed by atoms with van der Waals surface area (Å²) in [6, 6.07) is 7.39. The molecule has 2 aromatic heterocycles. The van der Waals surface area contributed by atoms with E-state index in [9.17, 15) is 4.79 Å². The molecule has 0 saturated carbocycles. The highest BCUT2D eigenvalue weighted by atomic mass is 35.5. The smallest absolute Gasteiger partial charge is 0.274 e. The number of aromatic amines is 1. The summed E-state index contributed by atoms with van der Waals surface area (Å²) in [5.41, 5.74) is 2.83. The molecule has 0 bridgehead atoms. The second kappa shape index (κ2) is 5.09. The standard InChI is InChI=1S/C14H13ClN4O/c1-9-10(3-2-4-12(9)15)5-6-11-7-13(20)19-14(18-11)16-8-17-19/h2-4,7-8H,5-6H2,1H3,(H,16,17,18). The van der Waals surface area contributed by atoms with Gasteiger partial charge < -0.3 is 0 Å². The van der Waals surface area contributed by atoms with Crippen molar-refractivity contribution in [1.82, 2.24) is 19.6 Å². The first-order valence-corrected chi connectivity index (χ1v) is 6.69. The number of hydrogen-bond acceptors (Lipinski definition) is 3. The minimum Gasteiger partial charge on any atom is -0.278 e. The molecule has 6 heteroatoms. The highest BCUT2D eigenvalue weighted by molar-refractivity contribution is 6.31. The van der Waals surface area contributed by atoms with Crippen molar-refractivity contribution in [3.63, 3.8) is 0 Å². The predicted molar refractivity (Wildman–Crippen MR) is 77.2 cm³/mol. The summed E-state index contributed by atoms with van der Waals surface area (Å²) in [4.78, 5) is 20.2. The van der Waals surface area contributed by atoms with Crippen LogP contribution in [0.4, 0.5) is 0 Å². The fourth-order valence-corrected chi connectivity index (χ4v) is 2.38. The van der Waals surface area contributed by atoms with Crippen LogP contribution in [0, 0.1) is 6.92 Å². The van der Waals surface area contributed by atoms with E-state index in [4.69, 9.17) is 11.6 Å². The molecule has 3 aromatic rings. The SMILES string of the molecule is Cc1c(Cl)cccc1CCc1cc(=O)n2[nH]cnc2n1. The molecule has 0 aliphatic rings. The minimum atomic E-state index is -0.148. The maximum Gasteiger partial charge on any atom is 0.274 e. The molecular weight excluding hydrogens is 276 g/mol. The summed E-state index contributed by atoms with van der Waals surface area (Å²) in [6.45, 7) is 2.00. The van der Waals surface area contributed by atoms with Crippen LogP contribution in [0.25, 0.3) is 5.78 Å². The maximum absolute atomic E-state index is 11.8. The van der Waals surface area contributed by atoms with Gasteiger partial charge in [0.05, 0.1) is 5.69 Å². The van der Waals surface area contributed by atoms with E-state index >= 15 is 0 Å². The van der Waals surface area contributed by atoms with Gasteiger partial charge in [-0.15, -0.1) is 0 Å². The minimum absolute atomic E-state index is 0.148. The quantitative estimate of drug-likeness (QED) is 0.803. The van der Waals surface area contributed by atoms with Gasteiger partial charge in [0, 0.05) is 11.1 Å². The Labute approximate surface area is 120 Å². The Morgan fingerprint density at radius 2 is 2.20 bits per heavy atom. The monoisotopic (exact) mass is 288 g/mol. The van der Waals surface area contributed by atoms with Crippen LogP contribution in [0.2, 0.25) is 5.02 Å². The summed E-state index contributed by atoms with van der Waals surface area (Å²) in [6.07, 6.45) is 2.92. The molecule has 0 amide bonds. The van der Waals surface area contributed by atoms with Crippen molar-refractivity contribution >= 4 is 17.4 Å². The van der Waals surface area contributed by atoms with Crippen LogP contribution in [0.5, 0.6) is 0 Å². The van der Waals surface area contributed by atoms with Gasteiger partial charge in [0.1, 0.15) is 6.33 Å². The van der Waals surface area contributed by atoms with Gasteiger partial charge in [-0.2, -0.15) is 4.52 Å². The Kier molecular flexibility index (Phi) is 3.28. The van der Waals surface area contributed by atoms with Crippen molar-refractivity contribution in [2.75, 3.05) is 0 Å². The summed E-state index contributed by atoms with van der Waals surface area (Å²) < 4.78 is 1.31. The van der Waals surface area contributed by atoms with Crippen LogP contribution < -0.4 is 5.56 Å². The molecule has 0 fully saturated rings. The van der Waals surface area contributed by atoms with E-state index in [-0.39, 0.29) is 5.56 Å². The van der Waals surface area contributed by atoms with Crippen LogP contribution in [0.1, 0.15) is 16.8 Å². The molecule has 3 rings (SSSR count). The lowest BCUT2D eigenvalue weighted by Gasteiger charge is -2.07. The van der Waals surface area contributed by atoms with E-state index in [0.717, 1.165) is 22.7 Å². The molecule has 0 aliphatic heterocycles. The Bertz CT molecular complexity index is 821. The van der Waals surface area contributed by atoms with E-state index in [0.29, 0.717) is 12.2 Å². The summed E-state index contributed by atoms with van der Waals surface area (Å²) in [7, 11) is 0. The van der Waals surface area contributed by atoms with Crippen molar-refractivity contribution in [3.05, 3.63) is 62.8 Å². The van der Waals surface area contributed by atoms with Crippen molar-refractivity contribution in [1.29, 1.82) is 0 Å². The zero-order valence-electron chi connectivity index (χ0n) is 10.9. The number of benzene rings is 1. The van der Waals surface area contributed by atoms with Crippen LogP contribution in [0.3, 0.4) is 0 Å². The summed E-state index contributed by atoms with van der Waals surface area (Å²) >= 11 is 6.10. The molecule has 1 aromatic carbocycles. The van der Waals surface area contributed by atoms with E-state index in [2.05, 4.69) is 15.1 Å². The highest BCUT2D eigenvalue weighted by Gasteiger charge is 2.06. The number of halogens is 1. The molecule has 0 atom stereocenters. The fourth-order valence-electron chi connectivity index (χ4n) is 2.18.